The average molecular weight is 254 g/mol. The van der Waals surface area contributed by atoms with Gasteiger partial charge in [0.2, 0.25) is 11.8 Å². The molecule has 1 unspecified atom stereocenters. The van der Waals surface area contributed by atoms with E-state index in [0.717, 1.165) is 0 Å². The molecule has 0 aliphatic rings. The van der Waals surface area contributed by atoms with Crippen molar-refractivity contribution in [3.63, 3.8) is 0 Å². The predicted molar refractivity (Wildman–Crippen MR) is 71.6 cm³/mol. The van der Waals surface area contributed by atoms with Crippen LogP contribution in [0.3, 0.4) is 0 Å². The summed E-state index contributed by atoms with van der Waals surface area (Å²) in [6.45, 7) is 6.67. The number of ether oxygens (including phenoxy) is 1. The first kappa shape index (κ1) is 14.5. The molecule has 0 spiro atoms. The van der Waals surface area contributed by atoms with Gasteiger partial charge >= 0.3 is 0 Å². The van der Waals surface area contributed by atoms with Gasteiger partial charge in [-0.25, -0.2) is 0 Å². The molecule has 6 heteroatoms. The van der Waals surface area contributed by atoms with Crippen molar-refractivity contribution in [2.45, 2.75) is 33.3 Å². The SMILES string of the molecule is COc1cc(NCC(O)CC(C)(C)C)nc(N)n1. The Balaban J connectivity index is 2.55. The molecule has 0 saturated carbocycles. The third kappa shape index (κ3) is 5.18. The van der Waals surface area contributed by atoms with Crippen LogP contribution in [0.15, 0.2) is 6.07 Å². The van der Waals surface area contributed by atoms with E-state index in [9.17, 15) is 5.11 Å². The molecule has 1 heterocycles. The quantitative estimate of drug-likeness (QED) is 0.733. The maximum atomic E-state index is 9.87. The molecule has 102 valence electrons. The summed E-state index contributed by atoms with van der Waals surface area (Å²) in [6, 6.07) is 1.64. The molecule has 4 N–H and O–H groups in total. The van der Waals surface area contributed by atoms with Crippen LogP contribution in [0.2, 0.25) is 0 Å². The number of hydrogen-bond acceptors (Lipinski definition) is 6. The summed E-state index contributed by atoms with van der Waals surface area (Å²) in [5, 5.41) is 12.9. The molecule has 0 radical (unpaired) electrons. The molecule has 0 amide bonds. The van der Waals surface area contributed by atoms with Gasteiger partial charge in [-0.1, -0.05) is 20.8 Å². The highest BCUT2D eigenvalue weighted by Gasteiger charge is 2.16. The maximum Gasteiger partial charge on any atom is 0.225 e. The molecular weight excluding hydrogens is 232 g/mol. The number of nitrogen functional groups attached to an aromatic ring is 1. The minimum atomic E-state index is -0.438. The van der Waals surface area contributed by atoms with E-state index in [1.165, 1.54) is 7.11 Å². The third-order valence-corrected chi connectivity index (χ3v) is 2.30. The highest BCUT2D eigenvalue weighted by molar-refractivity contribution is 5.42. The van der Waals surface area contributed by atoms with Crippen LogP contribution in [0.5, 0.6) is 5.88 Å². The summed E-state index contributed by atoms with van der Waals surface area (Å²) in [5.74, 6) is 1.09. The molecule has 1 aromatic heterocycles. The molecule has 0 fully saturated rings. The molecule has 1 rings (SSSR count). The lowest BCUT2D eigenvalue weighted by atomic mass is 9.89. The zero-order chi connectivity index (χ0) is 13.8. The molecule has 1 aromatic rings. The van der Waals surface area contributed by atoms with Gasteiger partial charge in [0.15, 0.2) is 0 Å². The number of nitrogens with one attached hydrogen (secondary N) is 1. The van der Waals surface area contributed by atoms with Crippen LogP contribution in [-0.4, -0.2) is 34.8 Å². The van der Waals surface area contributed by atoms with E-state index in [-0.39, 0.29) is 11.4 Å². The number of hydrogen-bond donors (Lipinski definition) is 3. The van der Waals surface area contributed by atoms with Crippen molar-refractivity contribution in [1.82, 2.24) is 9.97 Å². The van der Waals surface area contributed by atoms with Gasteiger partial charge in [-0.2, -0.15) is 9.97 Å². The van der Waals surface area contributed by atoms with Crippen molar-refractivity contribution in [3.05, 3.63) is 6.07 Å². The second-order valence-electron chi connectivity index (χ2n) is 5.45. The summed E-state index contributed by atoms with van der Waals surface area (Å²) >= 11 is 0. The lowest BCUT2D eigenvalue weighted by molar-refractivity contribution is 0.132. The molecule has 0 aliphatic carbocycles. The Hall–Kier alpha value is -1.56. The van der Waals surface area contributed by atoms with E-state index in [0.29, 0.717) is 24.7 Å². The summed E-state index contributed by atoms with van der Waals surface area (Å²) in [7, 11) is 1.51. The van der Waals surface area contributed by atoms with E-state index < -0.39 is 6.10 Å². The molecule has 0 aliphatic heterocycles. The minimum Gasteiger partial charge on any atom is -0.481 e. The fourth-order valence-electron chi connectivity index (χ4n) is 1.64. The molecule has 0 saturated heterocycles. The number of aromatic nitrogens is 2. The Morgan fingerprint density at radius 1 is 1.44 bits per heavy atom. The van der Waals surface area contributed by atoms with Crippen molar-refractivity contribution < 1.29 is 9.84 Å². The lowest BCUT2D eigenvalue weighted by Gasteiger charge is -2.22. The monoisotopic (exact) mass is 254 g/mol. The van der Waals surface area contributed by atoms with Crippen molar-refractivity contribution in [2.75, 3.05) is 24.7 Å². The van der Waals surface area contributed by atoms with Crippen LogP contribution in [0.1, 0.15) is 27.2 Å². The van der Waals surface area contributed by atoms with Crippen LogP contribution in [-0.2, 0) is 0 Å². The predicted octanol–water partition coefficient (Wildman–Crippen LogP) is 1.28. The number of aliphatic hydroxyl groups is 1. The van der Waals surface area contributed by atoms with Gasteiger partial charge in [0, 0.05) is 12.6 Å². The Kier molecular flexibility index (Phi) is 4.72. The standard InChI is InChI=1S/C12H22N4O2/c1-12(2,3)6-8(17)7-14-9-5-10(18-4)16-11(13)15-9/h5,8,17H,6-7H2,1-4H3,(H3,13,14,15,16). The third-order valence-electron chi connectivity index (χ3n) is 2.30. The summed E-state index contributed by atoms with van der Waals surface area (Å²) in [5.41, 5.74) is 5.63. The highest BCUT2D eigenvalue weighted by atomic mass is 16.5. The number of methoxy groups -OCH3 is 1. The number of rotatable bonds is 5. The van der Waals surface area contributed by atoms with Crippen LogP contribution >= 0.6 is 0 Å². The van der Waals surface area contributed by atoms with Gasteiger partial charge in [-0.3, -0.25) is 0 Å². The van der Waals surface area contributed by atoms with Gasteiger partial charge in [0.25, 0.3) is 0 Å². The van der Waals surface area contributed by atoms with Gasteiger partial charge in [0.05, 0.1) is 13.2 Å². The second kappa shape index (κ2) is 5.86. The lowest BCUT2D eigenvalue weighted by Crippen LogP contribution is -2.25. The van der Waals surface area contributed by atoms with Crippen LogP contribution in [0.25, 0.3) is 0 Å². The summed E-state index contributed by atoms with van der Waals surface area (Å²) in [6.07, 6.45) is 0.268. The van der Waals surface area contributed by atoms with E-state index in [1.807, 2.05) is 0 Å². The molecular formula is C12H22N4O2. The molecule has 18 heavy (non-hydrogen) atoms. The average Bonchev–Trinajstić information content (AvgIpc) is 2.23. The molecule has 1 atom stereocenters. The van der Waals surface area contributed by atoms with E-state index >= 15 is 0 Å². The van der Waals surface area contributed by atoms with Crippen molar-refractivity contribution in [3.8, 4) is 5.88 Å². The highest BCUT2D eigenvalue weighted by Crippen LogP contribution is 2.21. The first-order valence-electron chi connectivity index (χ1n) is 5.90. The van der Waals surface area contributed by atoms with Gasteiger partial charge in [0.1, 0.15) is 5.82 Å². The zero-order valence-electron chi connectivity index (χ0n) is 11.4. The zero-order valence-corrected chi connectivity index (χ0v) is 11.4. The van der Waals surface area contributed by atoms with Gasteiger partial charge in [-0.15, -0.1) is 0 Å². The largest absolute Gasteiger partial charge is 0.481 e. The second-order valence-corrected chi connectivity index (χ2v) is 5.45. The van der Waals surface area contributed by atoms with Gasteiger partial charge < -0.3 is 20.9 Å². The van der Waals surface area contributed by atoms with Crippen LogP contribution in [0, 0.1) is 5.41 Å². The number of anilines is 2. The van der Waals surface area contributed by atoms with Crippen molar-refractivity contribution in [1.29, 1.82) is 0 Å². The van der Waals surface area contributed by atoms with Crippen molar-refractivity contribution in [2.24, 2.45) is 5.41 Å². The maximum absolute atomic E-state index is 9.87. The number of nitrogens with two attached hydrogens (primary N) is 1. The Bertz CT molecular complexity index is 390. The Morgan fingerprint density at radius 2 is 2.11 bits per heavy atom. The van der Waals surface area contributed by atoms with Crippen LogP contribution < -0.4 is 15.8 Å². The fourth-order valence-corrected chi connectivity index (χ4v) is 1.64. The van der Waals surface area contributed by atoms with E-state index in [4.69, 9.17) is 10.5 Å². The fraction of sp³-hybridized carbons (Fsp3) is 0.667. The molecule has 0 aromatic carbocycles. The van der Waals surface area contributed by atoms with Gasteiger partial charge in [-0.05, 0) is 11.8 Å². The number of nitrogens with zero attached hydrogens (tertiary/aromatic N) is 2. The van der Waals surface area contributed by atoms with E-state index in [1.54, 1.807) is 6.07 Å². The smallest absolute Gasteiger partial charge is 0.225 e. The normalized spacial score (nSPS) is 13.2. The Labute approximate surface area is 108 Å². The molecule has 6 nitrogen and oxygen atoms in total. The van der Waals surface area contributed by atoms with E-state index in [2.05, 4.69) is 36.1 Å². The van der Waals surface area contributed by atoms with Crippen LogP contribution in [0.4, 0.5) is 11.8 Å². The number of aliphatic hydroxyl groups excluding tert-OH is 1. The first-order chi connectivity index (χ1) is 8.30. The Morgan fingerprint density at radius 3 is 2.67 bits per heavy atom. The van der Waals surface area contributed by atoms with Crippen molar-refractivity contribution >= 4 is 11.8 Å². The summed E-state index contributed by atoms with van der Waals surface area (Å²) in [4.78, 5) is 7.90. The topological polar surface area (TPSA) is 93.3 Å². The molecule has 0 bridgehead atoms. The first-order valence-corrected chi connectivity index (χ1v) is 5.90. The summed E-state index contributed by atoms with van der Waals surface area (Å²) < 4.78 is 4.99. The minimum absolute atomic E-state index is 0.0868.